The van der Waals surface area contributed by atoms with Crippen LogP contribution in [-0.2, 0) is 0 Å². The Hall–Kier alpha value is -0.480. The van der Waals surface area contributed by atoms with Crippen molar-refractivity contribution in [1.82, 2.24) is 4.90 Å². The van der Waals surface area contributed by atoms with Gasteiger partial charge in [-0.2, -0.15) is 0 Å². The number of aliphatic hydroxyl groups excluding tert-OH is 10. The average Bonchev–Trinajstić information content (AvgIpc) is 2.75. The van der Waals surface area contributed by atoms with Gasteiger partial charge in [0.15, 0.2) is 0 Å². The normalized spacial score (nSPS) is 28.4. The predicted octanol–water partition coefficient (Wildman–Crippen LogP) is -5.57. The highest BCUT2D eigenvalue weighted by molar-refractivity contribution is 4.90. The van der Waals surface area contributed by atoms with Crippen molar-refractivity contribution in [2.75, 3.05) is 26.3 Å². The van der Waals surface area contributed by atoms with E-state index in [1.807, 2.05) is 0 Å². The third-order valence-electron chi connectivity index (χ3n) is 5.75. The molecule has 0 spiro atoms. The van der Waals surface area contributed by atoms with Gasteiger partial charge in [-0.05, 0) is 25.7 Å². The Kier molecular flexibility index (Phi) is 12.1. The summed E-state index contributed by atoms with van der Waals surface area (Å²) in [4.78, 5) is 1.57. The molecule has 0 aromatic rings. The topological polar surface area (TPSA) is 232 Å². The molecule has 0 radical (unpaired) electrons. The number of nitrogens with zero attached hydrogens (tertiary/aromatic N) is 1. The Labute approximate surface area is 175 Å². The van der Waals surface area contributed by atoms with Crippen LogP contribution < -0.4 is 5.73 Å². The molecule has 0 saturated heterocycles. The second kappa shape index (κ2) is 13.2. The Morgan fingerprint density at radius 2 is 0.933 bits per heavy atom. The molecule has 0 heterocycles. The minimum absolute atomic E-state index is 0.0113. The SMILES string of the molecule is N[C@H]1CC[C@H](N(C[C@H](O)[C@@H](O)[C@H](O)[C@H](O)CO)C[C@H](O)[C@@H](O)[C@H](O)[C@H](O)CO)CC1. The Balaban J connectivity index is 2.86. The van der Waals surface area contributed by atoms with Crippen LogP contribution in [0.15, 0.2) is 0 Å². The van der Waals surface area contributed by atoms with E-state index in [9.17, 15) is 40.9 Å². The van der Waals surface area contributed by atoms with Crippen molar-refractivity contribution >= 4 is 0 Å². The zero-order chi connectivity index (χ0) is 23.0. The van der Waals surface area contributed by atoms with E-state index in [-0.39, 0.29) is 25.2 Å². The minimum atomic E-state index is -1.80. The van der Waals surface area contributed by atoms with Gasteiger partial charge in [0.05, 0.1) is 25.4 Å². The molecule has 12 heteroatoms. The van der Waals surface area contributed by atoms with Crippen LogP contribution in [-0.4, -0.2) is 143 Å². The predicted molar refractivity (Wildman–Crippen MR) is 104 cm³/mol. The standard InChI is InChI=1S/C18H38N2O10/c19-9-1-3-10(4-2-9)20(5-11(23)15(27)17(29)13(25)7-21)6-12(24)16(28)18(30)14(26)8-22/h9-18,21-30H,1-8,19H2/t9-,10-,11-,12-,13+,14+,15+,16+,17+,18+/m0/s1. The largest absolute Gasteiger partial charge is 0.394 e. The van der Waals surface area contributed by atoms with Crippen LogP contribution in [0.2, 0.25) is 0 Å². The Bertz CT molecular complexity index is 438. The highest BCUT2D eigenvalue weighted by atomic mass is 16.4. The van der Waals surface area contributed by atoms with Crippen molar-refractivity contribution in [2.24, 2.45) is 5.73 Å². The number of nitrogens with two attached hydrogens (primary N) is 1. The summed E-state index contributed by atoms with van der Waals surface area (Å²) in [6, 6.07) is -0.175. The fourth-order valence-corrected chi connectivity index (χ4v) is 3.66. The third kappa shape index (κ3) is 7.89. The van der Waals surface area contributed by atoms with Crippen LogP contribution in [0.5, 0.6) is 0 Å². The molecule has 1 rings (SSSR count). The molecule has 0 aliphatic heterocycles. The second-order valence-corrected chi connectivity index (χ2v) is 8.12. The summed E-state index contributed by atoms with van der Waals surface area (Å²) in [7, 11) is 0. The van der Waals surface area contributed by atoms with Crippen molar-refractivity contribution < 1.29 is 51.1 Å². The van der Waals surface area contributed by atoms with Crippen LogP contribution in [0.1, 0.15) is 25.7 Å². The van der Waals surface area contributed by atoms with Crippen molar-refractivity contribution in [3.63, 3.8) is 0 Å². The lowest BCUT2D eigenvalue weighted by Gasteiger charge is -2.40. The molecular formula is C18H38N2O10. The highest BCUT2D eigenvalue weighted by Gasteiger charge is 2.36. The molecule has 0 aromatic heterocycles. The molecule has 0 aromatic carbocycles. The van der Waals surface area contributed by atoms with Gasteiger partial charge < -0.3 is 56.8 Å². The maximum Gasteiger partial charge on any atom is 0.111 e. The van der Waals surface area contributed by atoms with Crippen molar-refractivity contribution in [2.45, 2.75) is 86.6 Å². The van der Waals surface area contributed by atoms with E-state index >= 15 is 0 Å². The van der Waals surface area contributed by atoms with Crippen LogP contribution in [0.4, 0.5) is 0 Å². The van der Waals surface area contributed by atoms with E-state index in [2.05, 4.69) is 0 Å². The van der Waals surface area contributed by atoms with Gasteiger partial charge in [-0.25, -0.2) is 0 Å². The molecule has 180 valence electrons. The van der Waals surface area contributed by atoms with E-state index in [4.69, 9.17) is 15.9 Å². The molecule has 12 N–H and O–H groups in total. The molecular weight excluding hydrogens is 404 g/mol. The molecule has 1 fully saturated rings. The van der Waals surface area contributed by atoms with Crippen molar-refractivity contribution in [3.8, 4) is 0 Å². The lowest BCUT2D eigenvalue weighted by Crippen LogP contribution is -2.55. The summed E-state index contributed by atoms with van der Waals surface area (Å²) in [5.74, 6) is 0. The maximum absolute atomic E-state index is 10.3. The van der Waals surface area contributed by atoms with Crippen LogP contribution in [0.25, 0.3) is 0 Å². The van der Waals surface area contributed by atoms with Crippen molar-refractivity contribution in [3.05, 3.63) is 0 Å². The summed E-state index contributed by atoms with van der Waals surface area (Å²) in [6.07, 6.45) is -11.0. The number of hydrogen-bond donors (Lipinski definition) is 11. The smallest absolute Gasteiger partial charge is 0.111 e. The first-order chi connectivity index (χ1) is 14.0. The molecule has 0 bridgehead atoms. The van der Waals surface area contributed by atoms with Gasteiger partial charge in [0.25, 0.3) is 0 Å². The zero-order valence-corrected chi connectivity index (χ0v) is 16.9. The van der Waals surface area contributed by atoms with Gasteiger partial charge in [-0.3, -0.25) is 4.90 Å². The van der Waals surface area contributed by atoms with Crippen LogP contribution in [0, 0.1) is 0 Å². The van der Waals surface area contributed by atoms with Gasteiger partial charge in [-0.15, -0.1) is 0 Å². The van der Waals surface area contributed by atoms with Gasteiger partial charge in [0.1, 0.15) is 36.6 Å². The molecule has 12 nitrogen and oxygen atoms in total. The summed E-state index contributed by atoms with van der Waals surface area (Å²) in [5.41, 5.74) is 5.91. The van der Waals surface area contributed by atoms with E-state index < -0.39 is 62.0 Å². The summed E-state index contributed by atoms with van der Waals surface area (Å²) < 4.78 is 0. The lowest BCUT2D eigenvalue weighted by atomic mass is 9.89. The van der Waals surface area contributed by atoms with Gasteiger partial charge >= 0.3 is 0 Å². The Morgan fingerprint density at radius 3 is 1.27 bits per heavy atom. The fourth-order valence-electron chi connectivity index (χ4n) is 3.66. The first-order valence-corrected chi connectivity index (χ1v) is 10.2. The molecule has 8 atom stereocenters. The van der Waals surface area contributed by atoms with Gasteiger partial charge in [0.2, 0.25) is 0 Å². The molecule has 30 heavy (non-hydrogen) atoms. The average molecular weight is 443 g/mol. The number of aliphatic hydroxyl groups is 10. The zero-order valence-electron chi connectivity index (χ0n) is 16.9. The monoisotopic (exact) mass is 442 g/mol. The van der Waals surface area contributed by atoms with Crippen molar-refractivity contribution in [1.29, 1.82) is 0 Å². The second-order valence-electron chi connectivity index (χ2n) is 8.12. The van der Waals surface area contributed by atoms with E-state index in [1.54, 1.807) is 4.90 Å². The molecule has 0 amide bonds. The van der Waals surface area contributed by atoms with E-state index in [0.29, 0.717) is 25.7 Å². The van der Waals surface area contributed by atoms with Crippen LogP contribution in [0.3, 0.4) is 0 Å². The summed E-state index contributed by atoms with van der Waals surface area (Å²) in [5, 5.41) is 97.2. The third-order valence-corrected chi connectivity index (χ3v) is 5.75. The first-order valence-electron chi connectivity index (χ1n) is 10.2. The molecule has 0 unspecified atom stereocenters. The van der Waals surface area contributed by atoms with Gasteiger partial charge in [0, 0.05) is 25.2 Å². The highest BCUT2D eigenvalue weighted by Crippen LogP contribution is 2.24. The maximum atomic E-state index is 10.3. The quantitative estimate of drug-likeness (QED) is 0.128. The first kappa shape index (κ1) is 27.6. The number of hydrogen-bond acceptors (Lipinski definition) is 12. The summed E-state index contributed by atoms with van der Waals surface area (Å²) >= 11 is 0. The fraction of sp³-hybridized carbons (Fsp3) is 1.00. The molecule has 1 aliphatic rings. The minimum Gasteiger partial charge on any atom is -0.394 e. The number of rotatable bonds is 13. The summed E-state index contributed by atoms with van der Waals surface area (Å²) in [6.45, 7) is -2.13. The van der Waals surface area contributed by atoms with Gasteiger partial charge in [-0.1, -0.05) is 0 Å². The van der Waals surface area contributed by atoms with Crippen LogP contribution >= 0.6 is 0 Å². The Morgan fingerprint density at radius 1 is 0.600 bits per heavy atom. The lowest BCUT2D eigenvalue weighted by molar-refractivity contribution is -0.134. The molecule has 1 aliphatic carbocycles. The van der Waals surface area contributed by atoms with E-state index in [0.717, 1.165) is 0 Å². The van der Waals surface area contributed by atoms with E-state index in [1.165, 1.54) is 0 Å². The molecule has 1 saturated carbocycles.